The molecule has 0 bridgehead atoms. The molecule has 1 aromatic carbocycles. The second kappa shape index (κ2) is 4.40. The highest BCUT2D eigenvalue weighted by Crippen LogP contribution is 2.20. The summed E-state index contributed by atoms with van der Waals surface area (Å²) in [7, 11) is 0. The number of rotatable bonds is 3. The van der Waals surface area contributed by atoms with Gasteiger partial charge in [-0.2, -0.15) is 0 Å². The summed E-state index contributed by atoms with van der Waals surface area (Å²) in [5.41, 5.74) is 0.860. The molecule has 0 unspecified atom stereocenters. The highest BCUT2D eigenvalue weighted by Gasteiger charge is 2.02. The van der Waals surface area contributed by atoms with Crippen LogP contribution in [0.25, 0.3) is 0 Å². The molecule has 0 radical (unpaired) electrons. The molecular weight excluding hydrogens is 258 g/mol. The van der Waals surface area contributed by atoms with Gasteiger partial charge in [0.15, 0.2) is 0 Å². The van der Waals surface area contributed by atoms with Crippen molar-refractivity contribution >= 4 is 21.6 Å². The van der Waals surface area contributed by atoms with Gasteiger partial charge in [0.05, 0.1) is 17.3 Å². The zero-order chi connectivity index (χ0) is 10.7. The molecule has 78 valence electrons. The summed E-state index contributed by atoms with van der Waals surface area (Å²) in [6.07, 6.45) is 1.63. The lowest BCUT2D eigenvalue weighted by Gasteiger charge is -2.04. The fourth-order valence-electron chi connectivity index (χ4n) is 1.25. The molecule has 1 aromatic heterocycles. The molecule has 0 spiro atoms. The van der Waals surface area contributed by atoms with E-state index in [1.807, 2.05) is 12.1 Å². The monoisotopic (exact) mass is 267 g/mol. The van der Waals surface area contributed by atoms with Crippen LogP contribution in [0.2, 0.25) is 0 Å². The van der Waals surface area contributed by atoms with E-state index in [4.69, 9.17) is 4.42 Å². The van der Waals surface area contributed by atoms with Crippen LogP contribution in [0, 0.1) is 0 Å². The Morgan fingerprint density at radius 2 is 2.20 bits per heavy atom. The van der Waals surface area contributed by atoms with E-state index in [1.165, 1.54) is 0 Å². The van der Waals surface area contributed by atoms with E-state index in [1.54, 1.807) is 24.5 Å². The minimum absolute atomic E-state index is 0.249. The first-order valence-electron chi connectivity index (χ1n) is 4.50. The van der Waals surface area contributed by atoms with Gasteiger partial charge in [0.2, 0.25) is 0 Å². The number of phenols is 1. The number of furan rings is 1. The molecule has 0 amide bonds. The van der Waals surface area contributed by atoms with E-state index in [0.717, 1.165) is 15.9 Å². The number of aromatic hydroxyl groups is 1. The fraction of sp³-hybridized carbons (Fsp3) is 0.0909. The first kappa shape index (κ1) is 10.1. The van der Waals surface area contributed by atoms with Crippen molar-refractivity contribution in [1.82, 2.24) is 0 Å². The van der Waals surface area contributed by atoms with E-state index in [-0.39, 0.29) is 5.75 Å². The summed E-state index contributed by atoms with van der Waals surface area (Å²) in [6, 6.07) is 8.82. The minimum Gasteiger partial charge on any atom is -0.508 e. The third kappa shape index (κ3) is 2.53. The second-order valence-electron chi connectivity index (χ2n) is 3.10. The number of halogens is 1. The summed E-state index contributed by atoms with van der Waals surface area (Å²) in [5, 5.41) is 12.4. The molecule has 0 saturated heterocycles. The van der Waals surface area contributed by atoms with E-state index in [0.29, 0.717) is 6.54 Å². The molecule has 2 N–H and O–H groups in total. The van der Waals surface area contributed by atoms with E-state index < -0.39 is 0 Å². The number of nitrogens with one attached hydrogen (secondary N) is 1. The third-order valence-electron chi connectivity index (χ3n) is 1.99. The van der Waals surface area contributed by atoms with Crippen LogP contribution < -0.4 is 5.32 Å². The van der Waals surface area contributed by atoms with Crippen LogP contribution in [0.3, 0.4) is 0 Å². The van der Waals surface area contributed by atoms with Gasteiger partial charge in [-0.3, -0.25) is 0 Å². The zero-order valence-corrected chi connectivity index (χ0v) is 9.49. The predicted octanol–water partition coefficient (Wildman–Crippen LogP) is 3.36. The molecule has 0 aliphatic heterocycles. The van der Waals surface area contributed by atoms with Gasteiger partial charge in [0.1, 0.15) is 11.5 Å². The fourth-order valence-corrected chi connectivity index (χ4v) is 1.59. The Kier molecular flexibility index (Phi) is 2.97. The predicted molar refractivity (Wildman–Crippen MR) is 61.8 cm³/mol. The molecule has 0 fully saturated rings. The molecule has 0 atom stereocenters. The SMILES string of the molecule is Oc1cccc(NCc2occc2Br)c1. The Morgan fingerprint density at radius 3 is 2.87 bits per heavy atom. The van der Waals surface area contributed by atoms with Crippen molar-refractivity contribution in [3.8, 4) is 5.75 Å². The summed E-state index contributed by atoms with van der Waals surface area (Å²) in [6.45, 7) is 0.580. The lowest BCUT2D eigenvalue weighted by Crippen LogP contribution is -1.98. The summed E-state index contributed by atoms with van der Waals surface area (Å²) < 4.78 is 6.18. The molecular formula is C11H10BrNO2. The normalized spacial score (nSPS) is 10.2. The molecule has 3 nitrogen and oxygen atoms in total. The summed E-state index contributed by atoms with van der Waals surface area (Å²) in [4.78, 5) is 0. The number of benzene rings is 1. The van der Waals surface area contributed by atoms with Gasteiger partial charge in [-0.05, 0) is 34.1 Å². The van der Waals surface area contributed by atoms with Gasteiger partial charge >= 0.3 is 0 Å². The van der Waals surface area contributed by atoms with Crippen LogP contribution in [-0.4, -0.2) is 5.11 Å². The van der Waals surface area contributed by atoms with Crippen LogP contribution in [0.15, 0.2) is 45.5 Å². The second-order valence-corrected chi connectivity index (χ2v) is 3.95. The molecule has 0 saturated carbocycles. The van der Waals surface area contributed by atoms with Crippen molar-refractivity contribution in [2.24, 2.45) is 0 Å². The van der Waals surface area contributed by atoms with Crippen LogP contribution in [0.1, 0.15) is 5.76 Å². The number of hydrogen-bond acceptors (Lipinski definition) is 3. The standard InChI is InChI=1S/C11H10BrNO2/c12-10-4-5-15-11(10)7-13-8-2-1-3-9(14)6-8/h1-6,13-14H,7H2. The molecule has 4 heteroatoms. The first-order valence-corrected chi connectivity index (χ1v) is 5.30. The Labute approximate surface area is 95.9 Å². The van der Waals surface area contributed by atoms with Crippen molar-refractivity contribution in [2.75, 3.05) is 5.32 Å². The molecule has 0 aliphatic carbocycles. The zero-order valence-electron chi connectivity index (χ0n) is 7.90. The van der Waals surface area contributed by atoms with E-state index >= 15 is 0 Å². The Bertz CT molecular complexity index is 453. The first-order chi connectivity index (χ1) is 7.25. The highest BCUT2D eigenvalue weighted by molar-refractivity contribution is 9.10. The van der Waals surface area contributed by atoms with Crippen molar-refractivity contribution in [3.63, 3.8) is 0 Å². The Balaban J connectivity index is 2.02. The van der Waals surface area contributed by atoms with Gasteiger partial charge < -0.3 is 14.8 Å². The quantitative estimate of drug-likeness (QED) is 0.897. The maximum atomic E-state index is 9.25. The molecule has 2 rings (SSSR count). The van der Waals surface area contributed by atoms with Crippen LogP contribution >= 0.6 is 15.9 Å². The average molecular weight is 268 g/mol. The van der Waals surface area contributed by atoms with Crippen LogP contribution in [0.5, 0.6) is 5.75 Å². The molecule has 1 heterocycles. The average Bonchev–Trinajstić information content (AvgIpc) is 2.61. The highest BCUT2D eigenvalue weighted by atomic mass is 79.9. The van der Waals surface area contributed by atoms with Gasteiger partial charge in [-0.1, -0.05) is 6.07 Å². The van der Waals surface area contributed by atoms with Gasteiger partial charge in [-0.15, -0.1) is 0 Å². The maximum Gasteiger partial charge on any atom is 0.136 e. The summed E-state index contributed by atoms with van der Waals surface area (Å²) >= 11 is 3.37. The number of anilines is 1. The van der Waals surface area contributed by atoms with Gasteiger partial charge in [0, 0.05) is 11.8 Å². The van der Waals surface area contributed by atoms with Crippen molar-refractivity contribution in [2.45, 2.75) is 6.54 Å². The molecule has 0 aliphatic rings. The Hall–Kier alpha value is -1.42. The topological polar surface area (TPSA) is 45.4 Å². The maximum absolute atomic E-state index is 9.25. The van der Waals surface area contributed by atoms with Gasteiger partial charge in [0.25, 0.3) is 0 Å². The lowest BCUT2D eigenvalue weighted by molar-refractivity contribution is 0.475. The van der Waals surface area contributed by atoms with Crippen molar-refractivity contribution in [3.05, 3.63) is 46.8 Å². The largest absolute Gasteiger partial charge is 0.508 e. The Morgan fingerprint density at radius 1 is 1.33 bits per heavy atom. The van der Waals surface area contributed by atoms with Crippen molar-refractivity contribution < 1.29 is 9.52 Å². The molecule has 2 aromatic rings. The number of phenolic OH excluding ortho intramolecular Hbond substituents is 1. The van der Waals surface area contributed by atoms with Crippen molar-refractivity contribution in [1.29, 1.82) is 0 Å². The van der Waals surface area contributed by atoms with Gasteiger partial charge in [-0.25, -0.2) is 0 Å². The minimum atomic E-state index is 0.249. The van der Waals surface area contributed by atoms with E-state index in [2.05, 4.69) is 21.2 Å². The number of hydrogen-bond donors (Lipinski definition) is 2. The van der Waals surface area contributed by atoms with Crippen LogP contribution in [0.4, 0.5) is 5.69 Å². The third-order valence-corrected chi connectivity index (χ3v) is 2.70. The summed E-state index contributed by atoms with van der Waals surface area (Å²) in [5.74, 6) is 1.08. The lowest BCUT2D eigenvalue weighted by atomic mass is 10.3. The molecule has 15 heavy (non-hydrogen) atoms. The van der Waals surface area contributed by atoms with E-state index in [9.17, 15) is 5.11 Å². The smallest absolute Gasteiger partial charge is 0.136 e. The van der Waals surface area contributed by atoms with Crippen LogP contribution in [-0.2, 0) is 6.54 Å².